The second-order valence-electron chi connectivity index (χ2n) is 4.26. The summed E-state index contributed by atoms with van der Waals surface area (Å²) in [6, 6.07) is 4.39. The van der Waals surface area contributed by atoms with Crippen molar-refractivity contribution in [3.63, 3.8) is 0 Å². The Morgan fingerprint density at radius 2 is 2.47 bits per heavy atom. The van der Waals surface area contributed by atoms with Crippen molar-refractivity contribution in [1.29, 1.82) is 0 Å². The normalized spacial score (nSPS) is 20.9. The minimum absolute atomic E-state index is 0. The third-order valence-electron chi connectivity index (χ3n) is 3.08. The van der Waals surface area contributed by atoms with Crippen molar-refractivity contribution in [3.8, 4) is 0 Å². The van der Waals surface area contributed by atoms with E-state index in [1.807, 2.05) is 24.6 Å². The smallest absolute Gasteiger partial charge is 0.186 e. The standard InChI is InChI=1S/C12H18N2OS.ClH/c1-13-10-4-2-6-14(8-10)9-11(15)12-5-3-7-16-12;/h3,5,7,10,13H,2,4,6,8-9H2,1H3;1H. The van der Waals surface area contributed by atoms with Gasteiger partial charge in [0.2, 0.25) is 0 Å². The largest absolute Gasteiger partial charge is 0.316 e. The fourth-order valence-electron chi connectivity index (χ4n) is 2.15. The number of likely N-dealkylation sites (N-methyl/N-ethyl adjacent to an activating group) is 1. The van der Waals surface area contributed by atoms with Crippen LogP contribution in [0.25, 0.3) is 0 Å². The van der Waals surface area contributed by atoms with Gasteiger partial charge in [0.1, 0.15) is 0 Å². The lowest BCUT2D eigenvalue weighted by Gasteiger charge is -2.31. The minimum Gasteiger partial charge on any atom is -0.316 e. The Morgan fingerprint density at radius 3 is 3.12 bits per heavy atom. The summed E-state index contributed by atoms with van der Waals surface area (Å²) < 4.78 is 0. The molecular weight excluding hydrogens is 256 g/mol. The molecule has 3 nitrogen and oxygen atoms in total. The molecule has 2 rings (SSSR count). The van der Waals surface area contributed by atoms with E-state index >= 15 is 0 Å². The second kappa shape index (κ2) is 7.11. The van der Waals surface area contributed by atoms with Crippen LogP contribution in [0.15, 0.2) is 17.5 Å². The zero-order valence-electron chi connectivity index (χ0n) is 10.0. The summed E-state index contributed by atoms with van der Waals surface area (Å²) in [5.41, 5.74) is 0. The van der Waals surface area contributed by atoms with E-state index in [4.69, 9.17) is 0 Å². The first-order chi connectivity index (χ1) is 7.79. The van der Waals surface area contributed by atoms with Crippen molar-refractivity contribution in [2.24, 2.45) is 0 Å². The van der Waals surface area contributed by atoms with Crippen LogP contribution >= 0.6 is 23.7 Å². The Morgan fingerprint density at radius 1 is 1.65 bits per heavy atom. The first kappa shape index (κ1) is 14.6. The van der Waals surface area contributed by atoms with Crippen LogP contribution in [0.3, 0.4) is 0 Å². The van der Waals surface area contributed by atoms with Crippen molar-refractivity contribution >= 4 is 29.5 Å². The van der Waals surface area contributed by atoms with Crippen LogP contribution < -0.4 is 5.32 Å². The van der Waals surface area contributed by atoms with E-state index in [9.17, 15) is 4.79 Å². The SMILES string of the molecule is CNC1CCCN(CC(=O)c2cccs2)C1.Cl. The van der Waals surface area contributed by atoms with Gasteiger partial charge >= 0.3 is 0 Å². The van der Waals surface area contributed by atoms with Crippen molar-refractivity contribution < 1.29 is 4.79 Å². The first-order valence-corrected chi connectivity index (χ1v) is 6.64. The fourth-order valence-corrected chi connectivity index (χ4v) is 2.81. The van der Waals surface area contributed by atoms with Gasteiger partial charge in [-0.2, -0.15) is 0 Å². The summed E-state index contributed by atoms with van der Waals surface area (Å²) in [5, 5.41) is 5.25. The molecule has 1 atom stereocenters. The van der Waals surface area contributed by atoms with Crippen molar-refractivity contribution in [1.82, 2.24) is 10.2 Å². The van der Waals surface area contributed by atoms with Crippen molar-refractivity contribution in [2.75, 3.05) is 26.7 Å². The molecule has 0 radical (unpaired) electrons. The van der Waals surface area contributed by atoms with Crippen LogP contribution in [0, 0.1) is 0 Å². The molecule has 0 spiro atoms. The molecule has 96 valence electrons. The van der Waals surface area contributed by atoms with E-state index in [0.717, 1.165) is 18.0 Å². The highest BCUT2D eigenvalue weighted by Gasteiger charge is 2.20. The zero-order chi connectivity index (χ0) is 11.4. The molecule has 1 fully saturated rings. The van der Waals surface area contributed by atoms with Crippen LogP contribution in [0.5, 0.6) is 0 Å². The topological polar surface area (TPSA) is 32.3 Å². The van der Waals surface area contributed by atoms with Gasteiger partial charge in [0.05, 0.1) is 11.4 Å². The van der Waals surface area contributed by atoms with E-state index in [0.29, 0.717) is 12.6 Å². The number of nitrogens with one attached hydrogen (secondary N) is 1. The molecule has 1 saturated heterocycles. The first-order valence-electron chi connectivity index (χ1n) is 5.76. The number of Topliss-reactive ketones (excluding diaryl/α,β-unsaturated/α-hetero) is 1. The molecule has 1 aromatic heterocycles. The molecule has 0 amide bonds. The summed E-state index contributed by atoms with van der Waals surface area (Å²) in [6.07, 6.45) is 2.41. The summed E-state index contributed by atoms with van der Waals surface area (Å²) in [5.74, 6) is 0.256. The highest BCUT2D eigenvalue weighted by atomic mass is 35.5. The monoisotopic (exact) mass is 274 g/mol. The Balaban J connectivity index is 0.00000144. The maximum absolute atomic E-state index is 11.9. The van der Waals surface area contributed by atoms with E-state index in [1.165, 1.54) is 24.2 Å². The minimum atomic E-state index is 0. The number of halogens is 1. The Hall–Kier alpha value is -0.420. The number of carbonyl (C=O) groups is 1. The van der Waals surface area contributed by atoms with E-state index in [2.05, 4.69) is 10.2 Å². The molecule has 17 heavy (non-hydrogen) atoms. The molecule has 1 N–H and O–H groups in total. The van der Waals surface area contributed by atoms with Crippen LogP contribution in [0.1, 0.15) is 22.5 Å². The summed E-state index contributed by atoms with van der Waals surface area (Å²) in [7, 11) is 2.00. The van der Waals surface area contributed by atoms with Gasteiger partial charge < -0.3 is 5.32 Å². The highest BCUT2D eigenvalue weighted by molar-refractivity contribution is 7.12. The number of likely N-dealkylation sites (tertiary alicyclic amines) is 1. The van der Waals surface area contributed by atoms with Crippen molar-refractivity contribution in [3.05, 3.63) is 22.4 Å². The summed E-state index contributed by atoms with van der Waals surface area (Å²) >= 11 is 1.53. The summed E-state index contributed by atoms with van der Waals surface area (Å²) in [6.45, 7) is 2.61. The predicted octanol–water partition coefficient (Wildman–Crippen LogP) is 2.04. The molecule has 1 aromatic rings. The number of hydrogen-bond donors (Lipinski definition) is 1. The number of ketones is 1. The van der Waals surface area contributed by atoms with Gasteiger partial charge in [0, 0.05) is 12.6 Å². The van der Waals surface area contributed by atoms with E-state index in [-0.39, 0.29) is 18.2 Å². The number of hydrogen-bond acceptors (Lipinski definition) is 4. The highest BCUT2D eigenvalue weighted by Crippen LogP contribution is 2.13. The van der Waals surface area contributed by atoms with Gasteiger partial charge in [-0.1, -0.05) is 6.07 Å². The molecule has 2 heterocycles. The zero-order valence-corrected chi connectivity index (χ0v) is 11.6. The van der Waals surface area contributed by atoms with Gasteiger partial charge in [0.15, 0.2) is 5.78 Å². The van der Waals surface area contributed by atoms with E-state index < -0.39 is 0 Å². The molecule has 1 aliphatic heterocycles. The lowest BCUT2D eigenvalue weighted by molar-refractivity contribution is 0.0906. The fraction of sp³-hybridized carbons (Fsp3) is 0.583. The number of carbonyl (C=O) groups excluding carboxylic acids is 1. The maximum atomic E-state index is 11.9. The van der Waals surface area contributed by atoms with Gasteiger partial charge in [-0.15, -0.1) is 23.7 Å². The predicted molar refractivity (Wildman–Crippen MR) is 74.4 cm³/mol. The Kier molecular flexibility index (Phi) is 6.12. The summed E-state index contributed by atoms with van der Waals surface area (Å²) in [4.78, 5) is 15.1. The van der Waals surface area contributed by atoms with Gasteiger partial charge in [0.25, 0.3) is 0 Å². The number of rotatable bonds is 4. The van der Waals surface area contributed by atoms with Gasteiger partial charge in [-0.3, -0.25) is 9.69 Å². The average molecular weight is 275 g/mol. The molecule has 5 heteroatoms. The van der Waals surface area contributed by atoms with Gasteiger partial charge in [-0.25, -0.2) is 0 Å². The maximum Gasteiger partial charge on any atom is 0.186 e. The number of thiophene rings is 1. The van der Waals surface area contributed by atoms with Crippen LogP contribution in [0.2, 0.25) is 0 Å². The van der Waals surface area contributed by atoms with Gasteiger partial charge in [-0.05, 0) is 37.9 Å². The molecule has 0 aliphatic carbocycles. The third-order valence-corrected chi connectivity index (χ3v) is 3.99. The number of nitrogens with zero attached hydrogens (tertiary/aromatic N) is 1. The molecule has 1 aliphatic rings. The van der Waals surface area contributed by atoms with E-state index in [1.54, 1.807) is 0 Å². The molecule has 0 aromatic carbocycles. The second-order valence-corrected chi connectivity index (χ2v) is 5.21. The third kappa shape index (κ3) is 4.07. The molecule has 0 saturated carbocycles. The Bertz CT molecular complexity index is 342. The average Bonchev–Trinajstić information content (AvgIpc) is 2.83. The molecule has 1 unspecified atom stereocenters. The van der Waals surface area contributed by atoms with Crippen molar-refractivity contribution in [2.45, 2.75) is 18.9 Å². The molecule has 0 bridgehead atoms. The lowest BCUT2D eigenvalue weighted by atomic mass is 10.1. The van der Waals surface area contributed by atoms with Crippen LogP contribution in [-0.2, 0) is 0 Å². The molecular formula is C12H19ClN2OS. The quantitative estimate of drug-likeness (QED) is 0.853. The lowest BCUT2D eigenvalue weighted by Crippen LogP contribution is -2.46. The van der Waals surface area contributed by atoms with Crippen LogP contribution in [-0.4, -0.2) is 43.4 Å². The van der Waals surface area contributed by atoms with Crippen LogP contribution in [0.4, 0.5) is 0 Å². The number of piperidine rings is 1. The Labute approximate surface area is 113 Å².